The molecule has 1 N–H and O–H groups in total. The largest absolute Gasteiger partial charge is 0.454 e. The molecule has 0 spiro atoms. The van der Waals surface area contributed by atoms with Crippen molar-refractivity contribution in [2.75, 3.05) is 0 Å². The molecule has 0 heterocycles. The van der Waals surface area contributed by atoms with Gasteiger partial charge in [-0.25, -0.2) is 8.78 Å². The maximum atomic E-state index is 13.4. The second-order valence-corrected chi connectivity index (χ2v) is 3.89. The van der Waals surface area contributed by atoms with Crippen LogP contribution >= 0.6 is 0 Å². The van der Waals surface area contributed by atoms with Crippen LogP contribution in [0.4, 0.5) is 8.78 Å². The first-order valence-corrected chi connectivity index (χ1v) is 5.48. The molecule has 0 aliphatic heterocycles. The summed E-state index contributed by atoms with van der Waals surface area (Å²) in [6, 6.07) is 9.66. The number of benzene rings is 2. The van der Waals surface area contributed by atoms with Gasteiger partial charge in [0.1, 0.15) is 11.6 Å². The second kappa shape index (κ2) is 5.14. The molecule has 0 saturated heterocycles. The van der Waals surface area contributed by atoms with E-state index in [1.165, 1.54) is 0 Å². The maximum absolute atomic E-state index is 13.4. The average Bonchev–Trinajstić information content (AvgIpc) is 2.34. The molecular weight excluding hydrogens is 238 g/mol. The van der Waals surface area contributed by atoms with Gasteiger partial charge in [-0.2, -0.15) is 0 Å². The normalized spacial score (nSPS) is 12.2. The van der Waals surface area contributed by atoms with Gasteiger partial charge in [-0.15, -0.1) is 0 Å². The maximum Gasteiger partial charge on any atom is 0.165 e. The highest BCUT2D eigenvalue weighted by Crippen LogP contribution is 2.31. The number of aliphatic hydroxyl groups is 1. The Morgan fingerprint density at radius 3 is 2.50 bits per heavy atom. The predicted octanol–water partition coefficient (Wildman–Crippen LogP) is 3.81. The summed E-state index contributed by atoms with van der Waals surface area (Å²) in [5, 5.41) is 9.56. The first-order chi connectivity index (χ1) is 8.58. The van der Waals surface area contributed by atoms with Crippen molar-refractivity contribution in [3.8, 4) is 11.5 Å². The minimum absolute atomic E-state index is 0.205. The molecule has 1 unspecified atom stereocenters. The van der Waals surface area contributed by atoms with Crippen LogP contribution in [0, 0.1) is 11.6 Å². The smallest absolute Gasteiger partial charge is 0.165 e. The van der Waals surface area contributed by atoms with E-state index in [0.29, 0.717) is 11.3 Å². The average molecular weight is 250 g/mol. The molecule has 94 valence electrons. The molecule has 18 heavy (non-hydrogen) atoms. The lowest BCUT2D eigenvalue weighted by Gasteiger charge is -2.13. The van der Waals surface area contributed by atoms with Gasteiger partial charge in [0.15, 0.2) is 11.6 Å². The Labute approximate surface area is 103 Å². The number of para-hydroxylation sites is 1. The zero-order chi connectivity index (χ0) is 13.1. The van der Waals surface area contributed by atoms with Crippen molar-refractivity contribution in [3.05, 3.63) is 59.7 Å². The monoisotopic (exact) mass is 250 g/mol. The molecule has 0 bridgehead atoms. The number of hydrogen-bond donors (Lipinski definition) is 1. The lowest BCUT2D eigenvalue weighted by Crippen LogP contribution is -1.97. The SMILES string of the molecule is CC(O)c1ccccc1Oc1cc(F)ccc1F. The Morgan fingerprint density at radius 1 is 1.06 bits per heavy atom. The molecule has 0 amide bonds. The van der Waals surface area contributed by atoms with Crippen molar-refractivity contribution >= 4 is 0 Å². The quantitative estimate of drug-likeness (QED) is 0.897. The summed E-state index contributed by atoms with van der Waals surface area (Å²) in [6.45, 7) is 1.57. The first-order valence-electron chi connectivity index (χ1n) is 5.48. The van der Waals surface area contributed by atoms with E-state index in [2.05, 4.69) is 0 Å². The minimum Gasteiger partial charge on any atom is -0.454 e. The highest BCUT2D eigenvalue weighted by atomic mass is 19.1. The van der Waals surface area contributed by atoms with E-state index < -0.39 is 17.7 Å². The van der Waals surface area contributed by atoms with Gasteiger partial charge in [-0.3, -0.25) is 0 Å². The van der Waals surface area contributed by atoms with Crippen LogP contribution in [0.25, 0.3) is 0 Å². The molecule has 0 aliphatic carbocycles. The van der Waals surface area contributed by atoms with E-state index in [-0.39, 0.29) is 5.75 Å². The van der Waals surface area contributed by atoms with Crippen LogP contribution in [-0.2, 0) is 0 Å². The van der Waals surface area contributed by atoms with Crippen molar-refractivity contribution in [1.29, 1.82) is 0 Å². The summed E-state index contributed by atoms with van der Waals surface area (Å²) in [5.41, 5.74) is 0.515. The van der Waals surface area contributed by atoms with Gasteiger partial charge in [0, 0.05) is 11.6 Å². The molecule has 0 aromatic heterocycles. The third-order valence-electron chi connectivity index (χ3n) is 2.48. The predicted molar refractivity (Wildman–Crippen MR) is 63.5 cm³/mol. The molecular formula is C14H12F2O2. The molecule has 0 aliphatic rings. The third kappa shape index (κ3) is 2.65. The van der Waals surface area contributed by atoms with E-state index in [1.54, 1.807) is 31.2 Å². The molecule has 0 saturated carbocycles. The summed E-state index contributed by atoms with van der Waals surface area (Å²) in [6.07, 6.45) is -0.752. The fraction of sp³-hybridized carbons (Fsp3) is 0.143. The highest BCUT2D eigenvalue weighted by Gasteiger charge is 2.12. The van der Waals surface area contributed by atoms with Crippen molar-refractivity contribution in [3.63, 3.8) is 0 Å². The van der Waals surface area contributed by atoms with Crippen molar-refractivity contribution < 1.29 is 18.6 Å². The molecule has 2 aromatic carbocycles. The van der Waals surface area contributed by atoms with E-state index >= 15 is 0 Å². The van der Waals surface area contributed by atoms with E-state index in [9.17, 15) is 13.9 Å². The minimum atomic E-state index is -0.752. The highest BCUT2D eigenvalue weighted by molar-refractivity contribution is 5.39. The number of rotatable bonds is 3. The number of halogens is 2. The summed E-state index contributed by atoms with van der Waals surface area (Å²) >= 11 is 0. The molecule has 2 rings (SSSR count). The third-order valence-corrected chi connectivity index (χ3v) is 2.48. The van der Waals surface area contributed by atoms with Crippen molar-refractivity contribution in [2.45, 2.75) is 13.0 Å². The Balaban J connectivity index is 2.37. The molecule has 2 nitrogen and oxygen atoms in total. The Kier molecular flexibility index (Phi) is 3.58. The molecule has 1 atom stereocenters. The summed E-state index contributed by atoms with van der Waals surface area (Å²) < 4.78 is 31.8. The van der Waals surface area contributed by atoms with Gasteiger partial charge in [-0.1, -0.05) is 18.2 Å². The fourth-order valence-electron chi connectivity index (χ4n) is 1.59. The van der Waals surface area contributed by atoms with Crippen LogP contribution < -0.4 is 4.74 Å². The van der Waals surface area contributed by atoms with Crippen LogP contribution in [0.3, 0.4) is 0 Å². The zero-order valence-electron chi connectivity index (χ0n) is 9.73. The fourth-order valence-corrected chi connectivity index (χ4v) is 1.59. The van der Waals surface area contributed by atoms with Crippen LogP contribution in [0.5, 0.6) is 11.5 Å². The molecule has 4 heteroatoms. The molecule has 2 aromatic rings. The lowest BCUT2D eigenvalue weighted by atomic mass is 10.1. The first kappa shape index (κ1) is 12.5. The number of aliphatic hydroxyl groups excluding tert-OH is 1. The molecule has 0 radical (unpaired) electrons. The van der Waals surface area contributed by atoms with Gasteiger partial charge >= 0.3 is 0 Å². The van der Waals surface area contributed by atoms with Crippen molar-refractivity contribution in [1.82, 2.24) is 0 Å². The zero-order valence-corrected chi connectivity index (χ0v) is 9.73. The second-order valence-electron chi connectivity index (χ2n) is 3.89. The van der Waals surface area contributed by atoms with Crippen LogP contribution in [-0.4, -0.2) is 5.11 Å². The van der Waals surface area contributed by atoms with Crippen LogP contribution in [0.15, 0.2) is 42.5 Å². The van der Waals surface area contributed by atoms with Gasteiger partial charge in [0.25, 0.3) is 0 Å². The van der Waals surface area contributed by atoms with Gasteiger partial charge in [0.2, 0.25) is 0 Å². The summed E-state index contributed by atoms with van der Waals surface area (Å²) in [4.78, 5) is 0. The lowest BCUT2D eigenvalue weighted by molar-refractivity contribution is 0.195. The van der Waals surface area contributed by atoms with Crippen molar-refractivity contribution in [2.24, 2.45) is 0 Å². The van der Waals surface area contributed by atoms with E-state index in [4.69, 9.17) is 4.74 Å². The summed E-state index contributed by atoms with van der Waals surface area (Å²) in [7, 11) is 0. The van der Waals surface area contributed by atoms with Crippen LogP contribution in [0.2, 0.25) is 0 Å². The molecule has 0 fully saturated rings. The Hall–Kier alpha value is -1.94. The van der Waals surface area contributed by atoms with Gasteiger partial charge in [-0.05, 0) is 25.1 Å². The Morgan fingerprint density at radius 2 is 1.78 bits per heavy atom. The van der Waals surface area contributed by atoms with E-state index in [1.807, 2.05) is 0 Å². The topological polar surface area (TPSA) is 29.5 Å². The van der Waals surface area contributed by atoms with E-state index in [0.717, 1.165) is 18.2 Å². The number of hydrogen-bond acceptors (Lipinski definition) is 2. The Bertz CT molecular complexity index is 553. The van der Waals surface area contributed by atoms with Gasteiger partial charge < -0.3 is 9.84 Å². The van der Waals surface area contributed by atoms with Gasteiger partial charge in [0.05, 0.1) is 6.10 Å². The standard InChI is InChI=1S/C14H12F2O2/c1-9(17)11-4-2-3-5-13(11)18-14-8-10(15)6-7-12(14)16/h2-9,17H,1H3. The van der Waals surface area contributed by atoms with Crippen LogP contribution in [0.1, 0.15) is 18.6 Å². The summed E-state index contributed by atoms with van der Waals surface area (Å²) in [5.74, 6) is -1.14. The number of ether oxygens (including phenoxy) is 1.